The van der Waals surface area contributed by atoms with E-state index in [0.29, 0.717) is 26.1 Å². The fourth-order valence-corrected chi connectivity index (χ4v) is 4.18. The van der Waals surface area contributed by atoms with Crippen LogP contribution in [0.25, 0.3) is 11.0 Å². The highest BCUT2D eigenvalue weighted by Gasteiger charge is 2.34. The monoisotopic (exact) mass is 405 g/mol. The predicted molar refractivity (Wildman–Crippen MR) is 110 cm³/mol. The first-order valence-electron chi connectivity index (χ1n) is 10.2. The SMILES string of the molecule is Cn1c(CN(Cc2ccc3c(c2)CCO3)C(=O)[C@@H]2CCC(=O)O2)nc2ccccc21. The van der Waals surface area contributed by atoms with Crippen molar-refractivity contribution in [1.29, 1.82) is 0 Å². The Morgan fingerprint density at radius 2 is 2.07 bits per heavy atom. The summed E-state index contributed by atoms with van der Waals surface area (Å²) in [6.07, 6.45) is 0.869. The molecule has 0 saturated carbocycles. The van der Waals surface area contributed by atoms with Gasteiger partial charge in [-0.15, -0.1) is 0 Å². The van der Waals surface area contributed by atoms with Gasteiger partial charge in [-0.1, -0.05) is 24.3 Å². The van der Waals surface area contributed by atoms with E-state index in [1.54, 1.807) is 4.90 Å². The van der Waals surface area contributed by atoms with Gasteiger partial charge in [-0.25, -0.2) is 4.98 Å². The molecule has 5 rings (SSSR count). The topological polar surface area (TPSA) is 73.7 Å². The number of nitrogens with zero attached hydrogens (tertiary/aromatic N) is 3. The number of hydrogen-bond acceptors (Lipinski definition) is 5. The van der Waals surface area contributed by atoms with E-state index in [1.165, 1.54) is 0 Å². The van der Waals surface area contributed by atoms with Crippen LogP contribution in [0.5, 0.6) is 5.75 Å². The highest BCUT2D eigenvalue weighted by Crippen LogP contribution is 2.27. The van der Waals surface area contributed by atoms with E-state index in [-0.39, 0.29) is 18.3 Å². The number of cyclic esters (lactones) is 1. The quantitative estimate of drug-likeness (QED) is 0.611. The largest absolute Gasteiger partial charge is 0.493 e. The number of imidazole rings is 1. The summed E-state index contributed by atoms with van der Waals surface area (Å²) in [6.45, 7) is 1.45. The maximum Gasteiger partial charge on any atom is 0.306 e. The minimum Gasteiger partial charge on any atom is -0.493 e. The van der Waals surface area contributed by atoms with Crippen LogP contribution in [-0.4, -0.2) is 39.0 Å². The van der Waals surface area contributed by atoms with E-state index in [1.807, 2.05) is 48.0 Å². The van der Waals surface area contributed by atoms with Gasteiger partial charge in [-0.2, -0.15) is 0 Å². The molecule has 1 saturated heterocycles. The molecule has 2 aliphatic rings. The maximum absolute atomic E-state index is 13.2. The lowest BCUT2D eigenvalue weighted by Crippen LogP contribution is -2.38. The summed E-state index contributed by atoms with van der Waals surface area (Å²) in [4.78, 5) is 31.3. The third kappa shape index (κ3) is 3.40. The minimum absolute atomic E-state index is 0.176. The average Bonchev–Trinajstić information content (AvgIpc) is 3.46. The van der Waals surface area contributed by atoms with Crippen molar-refractivity contribution in [2.45, 2.75) is 38.5 Å². The zero-order valence-electron chi connectivity index (χ0n) is 16.8. The van der Waals surface area contributed by atoms with Crippen molar-refractivity contribution in [3.05, 3.63) is 59.4 Å². The molecule has 0 N–H and O–H groups in total. The molecular weight excluding hydrogens is 382 g/mol. The summed E-state index contributed by atoms with van der Waals surface area (Å²) in [5, 5.41) is 0. The molecule has 2 aromatic carbocycles. The third-order valence-corrected chi connectivity index (χ3v) is 5.81. The van der Waals surface area contributed by atoms with E-state index in [2.05, 4.69) is 6.07 Å². The molecule has 1 amide bonds. The van der Waals surface area contributed by atoms with Gasteiger partial charge in [0.25, 0.3) is 5.91 Å². The van der Waals surface area contributed by atoms with Gasteiger partial charge >= 0.3 is 5.97 Å². The van der Waals surface area contributed by atoms with Crippen LogP contribution < -0.4 is 4.74 Å². The Balaban J connectivity index is 1.45. The number of aromatic nitrogens is 2. The van der Waals surface area contributed by atoms with Gasteiger partial charge in [0.2, 0.25) is 0 Å². The van der Waals surface area contributed by atoms with Crippen molar-refractivity contribution in [3.63, 3.8) is 0 Å². The van der Waals surface area contributed by atoms with Crippen LogP contribution in [0.4, 0.5) is 0 Å². The van der Waals surface area contributed by atoms with Crippen molar-refractivity contribution >= 4 is 22.9 Å². The van der Waals surface area contributed by atoms with Gasteiger partial charge in [0.15, 0.2) is 6.10 Å². The lowest BCUT2D eigenvalue weighted by molar-refractivity contribution is -0.153. The first kappa shape index (κ1) is 18.7. The Labute approximate surface area is 174 Å². The summed E-state index contributed by atoms with van der Waals surface area (Å²) in [5.41, 5.74) is 4.09. The summed E-state index contributed by atoms with van der Waals surface area (Å²) in [5.74, 6) is 1.21. The van der Waals surface area contributed by atoms with E-state index in [0.717, 1.165) is 40.2 Å². The maximum atomic E-state index is 13.2. The van der Waals surface area contributed by atoms with E-state index in [9.17, 15) is 9.59 Å². The molecule has 3 aromatic rings. The van der Waals surface area contributed by atoms with Crippen molar-refractivity contribution in [1.82, 2.24) is 14.5 Å². The lowest BCUT2D eigenvalue weighted by atomic mass is 10.1. The molecule has 1 aromatic heterocycles. The van der Waals surface area contributed by atoms with Crippen molar-refractivity contribution in [2.75, 3.05) is 6.61 Å². The standard InChI is InChI=1S/C23H23N3O4/c1-25-18-5-3-2-4-17(18)24-21(25)14-26(23(28)20-8-9-22(27)30-20)13-15-6-7-19-16(12-15)10-11-29-19/h2-7,12,20H,8-11,13-14H2,1H3/t20-/m0/s1. The minimum atomic E-state index is -0.718. The Bertz CT molecular complexity index is 1140. The number of para-hydroxylation sites is 2. The smallest absolute Gasteiger partial charge is 0.306 e. The number of fused-ring (bicyclic) bond motifs is 2. The second-order valence-electron chi connectivity index (χ2n) is 7.83. The molecule has 1 fully saturated rings. The molecule has 0 radical (unpaired) electrons. The highest BCUT2D eigenvalue weighted by molar-refractivity contribution is 5.86. The first-order chi connectivity index (χ1) is 14.6. The van der Waals surface area contributed by atoms with Crippen molar-refractivity contribution < 1.29 is 19.1 Å². The normalized spacial score (nSPS) is 17.6. The predicted octanol–water partition coefficient (Wildman–Crippen LogP) is 2.74. The molecule has 0 aliphatic carbocycles. The number of hydrogen-bond donors (Lipinski definition) is 0. The van der Waals surface area contributed by atoms with E-state index >= 15 is 0 Å². The average molecular weight is 405 g/mol. The molecule has 30 heavy (non-hydrogen) atoms. The second kappa shape index (κ2) is 7.48. The molecule has 0 bridgehead atoms. The number of ether oxygens (including phenoxy) is 2. The van der Waals surface area contributed by atoms with Gasteiger partial charge in [0.05, 0.1) is 24.2 Å². The highest BCUT2D eigenvalue weighted by atomic mass is 16.6. The number of carbonyl (C=O) groups is 2. The number of amides is 1. The summed E-state index contributed by atoms with van der Waals surface area (Å²) >= 11 is 0. The van der Waals surface area contributed by atoms with Gasteiger partial charge in [0.1, 0.15) is 11.6 Å². The molecular formula is C23H23N3O4. The molecule has 0 spiro atoms. The molecule has 7 heteroatoms. The van der Waals surface area contributed by atoms with Crippen LogP contribution in [0, 0.1) is 0 Å². The Hall–Kier alpha value is -3.35. The fourth-order valence-electron chi connectivity index (χ4n) is 4.18. The molecule has 154 valence electrons. The van der Waals surface area contributed by atoms with Crippen LogP contribution >= 0.6 is 0 Å². The summed E-state index contributed by atoms with van der Waals surface area (Å²) in [7, 11) is 1.95. The number of esters is 1. The number of benzene rings is 2. The van der Waals surface area contributed by atoms with Gasteiger partial charge in [0, 0.05) is 32.9 Å². The molecule has 0 unspecified atom stereocenters. The second-order valence-corrected chi connectivity index (χ2v) is 7.83. The Morgan fingerprint density at radius 1 is 1.20 bits per heavy atom. The van der Waals surface area contributed by atoms with Crippen LogP contribution in [0.3, 0.4) is 0 Å². The van der Waals surface area contributed by atoms with E-state index in [4.69, 9.17) is 14.5 Å². The fraction of sp³-hybridized carbons (Fsp3) is 0.348. The van der Waals surface area contributed by atoms with Crippen LogP contribution in [0.2, 0.25) is 0 Å². The van der Waals surface area contributed by atoms with Gasteiger partial charge in [-0.3, -0.25) is 9.59 Å². The van der Waals surface area contributed by atoms with Crippen LogP contribution in [0.1, 0.15) is 29.8 Å². The van der Waals surface area contributed by atoms with Gasteiger partial charge in [-0.05, 0) is 29.3 Å². The first-order valence-corrected chi connectivity index (χ1v) is 10.2. The molecule has 1 atom stereocenters. The van der Waals surface area contributed by atoms with Crippen LogP contribution in [0.15, 0.2) is 42.5 Å². The zero-order valence-corrected chi connectivity index (χ0v) is 16.8. The molecule has 7 nitrogen and oxygen atoms in total. The van der Waals surface area contributed by atoms with E-state index < -0.39 is 6.10 Å². The molecule has 3 heterocycles. The van der Waals surface area contributed by atoms with Gasteiger partial charge < -0.3 is 18.9 Å². The Morgan fingerprint density at radius 3 is 2.87 bits per heavy atom. The van der Waals surface area contributed by atoms with Crippen molar-refractivity contribution in [3.8, 4) is 5.75 Å². The zero-order chi connectivity index (χ0) is 20.7. The lowest BCUT2D eigenvalue weighted by Gasteiger charge is -2.25. The number of aryl methyl sites for hydroxylation is 1. The third-order valence-electron chi connectivity index (χ3n) is 5.81. The van der Waals surface area contributed by atoms with Crippen molar-refractivity contribution in [2.24, 2.45) is 7.05 Å². The van der Waals surface area contributed by atoms with Crippen LogP contribution in [-0.2, 0) is 40.9 Å². The molecule has 2 aliphatic heterocycles. The Kier molecular flexibility index (Phi) is 4.65. The summed E-state index contributed by atoms with van der Waals surface area (Å²) in [6, 6.07) is 13.9. The number of rotatable bonds is 5. The number of carbonyl (C=O) groups excluding carboxylic acids is 2. The summed E-state index contributed by atoms with van der Waals surface area (Å²) < 4.78 is 12.9.